The molecule has 350 valence electrons. The van der Waals surface area contributed by atoms with Crippen molar-refractivity contribution in [2.24, 2.45) is 0 Å². The molecule has 2 aliphatic heterocycles. The largest absolute Gasteiger partial charge is 0.334 e. The third kappa shape index (κ3) is 6.28. The Morgan fingerprint density at radius 3 is 1.11 bits per heavy atom. The van der Waals surface area contributed by atoms with Crippen molar-refractivity contribution in [2.45, 2.75) is 101 Å². The molecule has 2 saturated carbocycles. The maximum absolute atomic E-state index is 9.64. The number of anilines is 4. The summed E-state index contributed by atoms with van der Waals surface area (Å²) in [7, 11) is 0. The smallest absolute Gasteiger partial charge is 0.0991 e. The van der Waals surface area contributed by atoms with E-state index in [0.717, 1.165) is 37.1 Å². The molecule has 0 saturated heterocycles. The van der Waals surface area contributed by atoms with E-state index in [-0.39, 0.29) is 21.9 Å². The average molecular weight is 931 g/mol. The number of nitriles is 2. The number of hydrogen-bond donors (Lipinski definition) is 0. The molecule has 4 aliphatic rings. The summed E-state index contributed by atoms with van der Waals surface area (Å²) in [5.41, 5.74) is 18.7. The lowest BCUT2D eigenvalue weighted by molar-refractivity contribution is 0.195. The van der Waals surface area contributed by atoms with Crippen molar-refractivity contribution in [2.75, 3.05) is 9.80 Å². The van der Waals surface area contributed by atoms with E-state index in [0.29, 0.717) is 11.1 Å². The molecule has 0 radical (unpaired) electrons. The van der Waals surface area contributed by atoms with Gasteiger partial charge in [-0.1, -0.05) is 137 Å². The van der Waals surface area contributed by atoms with Gasteiger partial charge in [0.05, 0.1) is 34.3 Å². The van der Waals surface area contributed by atoms with Crippen LogP contribution in [0, 0.1) is 22.7 Å². The van der Waals surface area contributed by atoms with Crippen molar-refractivity contribution >= 4 is 44.3 Å². The SMILES string of the molecule is CC12CCCCC1(C)N(c1ccc(C#N)cc1)c1ccc(-c3ccc4c(-c5ccccc5)c5cc(-c6ccc7c(c6)C6(C)CCCCC6(C)N7c6ccc(C#N)cc6)ccc5c(-c5ccccc5)c4c3)cc12. The van der Waals surface area contributed by atoms with Crippen LogP contribution in [0.3, 0.4) is 0 Å². The van der Waals surface area contributed by atoms with Crippen LogP contribution in [0.15, 0.2) is 182 Å². The van der Waals surface area contributed by atoms with Crippen LogP contribution in [0.25, 0.3) is 66.1 Å². The van der Waals surface area contributed by atoms with Gasteiger partial charge in [0.2, 0.25) is 0 Å². The van der Waals surface area contributed by atoms with E-state index in [1.54, 1.807) is 0 Å². The lowest BCUT2D eigenvalue weighted by Gasteiger charge is -2.50. The van der Waals surface area contributed by atoms with Gasteiger partial charge in [-0.15, -0.1) is 0 Å². The van der Waals surface area contributed by atoms with Crippen molar-refractivity contribution < 1.29 is 0 Å². The van der Waals surface area contributed by atoms with E-state index in [2.05, 4.69) is 207 Å². The van der Waals surface area contributed by atoms with E-state index < -0.39 is 0 Å². The fraction of sp³-hybridized carbons (Fsp3) is 0.235. The van der Waals surface area contributed by atoms with E-state index in [1.165, 1.54) is 114 Å². The fourth-order valence-corrected chi connectivity index (χ4v) is 14.4. The van der Waals surface area contributed by atoms with E-state index in [1.807, 2.05) is 24.3 Å². The van der Waals surface area contributed by atoms with Gasteiger partial charge in [0, 0.05) is 33.6 Å². The lowest BCUT2D eigenvalue weighted by atomic mass is 9.61. The minimum atomic E-state index is -0.0900. The van der Waals surface area contributed by atoms with Crippen LogP contribution >= 0.6 is 0 Å². The predicted octanol–water partition coefficient (Wildman–Crippen LogP) is 17.9. The predicted molar refractivity (Wildman–Crippen MR) is 298 cm³/mol. The van der Waals surface area contributed by atoms with Crippen LogP contribution in [-0.4, -0.2) is 11.1 Å². The molecule has 0 N–H and O–H groups in total. The summed E-state index contributed by atoms with van der Waals surface area (Å²) < 4.78 is 0. The van der Waals surface area contributed by atoms with Crippen molar-refractivity contribution in [3.05, 3.63) is 204 Å². The van der Waals surface area contributed by atoms with Gasteiger partial charge in [0.15, 0.2) is 0 Å². The third-order valence-corrected chi connectivity index (χ3v) is 18.6. The maximum Gasteiger partial charge on any atom is 0.0991 e. The molecule has 0 bridgehead atoms. The molecule has 4 unspecified atom stereocenters. The van der Waals surface area contributed by atoms with Gasteiger partial charge in [-0.3, -0.25) is 0 Å². The molecule has 0 amide bonds. The topological polar surface area (TPSA) is 54.1 Å². The van der Waals surface area contributed by atoms with Crippen LogP contribution in [-0.2, 0) is 10.8 Å². The Labute approximate surface area is 424 Å². The zero-order valence-electron chi connectivity index (χ0n) is 41.8. The van der Waals surface area contributed by atoms with Crippen LogP contribution in [0.5, 0.6) is 0 Å². The number of hydrogen-bond acceptors (Lipinski definition) is 4. The quantitative estimate of drug-likeness (QED) is 0.156. The second kappa shape index (κ2) is 16.3. The summed E-state index contributed by atoms with van der Waals surface area (Å²) in [5, 5.41) is 24.3. The van der Waals surface area contributed by atoms with Crippen molar-refractivity contribution in [3.63, 3.8) is 0 Å². The molecule has 0 spiro atoms. The molecule has 4 nitrogen and oxygen atoms in total. The van der Waals surface area contributed by atoms with E-state index in [9.17, 15) is 10.5 Å². The average Bonchev–Trinajstić information content (AvgIpc) is 3.77. The van der Waals surface area contributed by atoms with E-state index >= 15 is 0 Å². The Bertz CT molecular complexity index is 3480. The molecular weight excluding hydrogens is 873 g/mol. The second-order valence-electron chi connectivity index (χ2n) is 22.1. The third-order valence-electron chi connectivity index (χ3n) is 18.6. The van der Waals surface area contributed by atoms with Gasteiger partial charge in [-0.2, -0.15) is 10.5 Å². The van der Waals surface area contributed by atoms with Gasteiger partial charge in [-0.25, -0.2) is 0 Å². The molecule has 72 heavy (non-hydrogen) atoms. The Morgan fingerprint density at radius 2 is 0.722 bits per heavy atom. The van der Waals surface area contributed by atoms with Crippen LogP contribution < -0.4 is 9.80 Å². The molecule has 4 heteroatoms. The Hall–Kier alpha value is -7.92. The standard InChI is InChI=1S/C68H58N4/c1-65-35-11-13-37-67(65,3)71(53-27-19-45(43-69)20-28-53)61-33-25-51(41-59(61)65)49-23-31-55-57(39-49)63(47-15-7-5-8-16-47)56-32-24-50(40-58(56)64(55)48-17-9-6-10-18-48)52-26-34-62-60(42-52)66(2)36-12-14-38-68(66,4)72(62)54-29-21-46(44-70)22-30-54/h5-10,15-34,39-42H,11-14,35-38H2,1-4H3. The molecule has 9 aromatic carbocycles. The highest BCUT2D eigenvalue weighted by Crippen LogP contribution is 2.63. The summed E-state index contributed by atoms with van der Waals surface area (Å²) in [5.74, 6) is 0. The molecule has 4 atom stereocenters. The Morgan fingerprint density at radius 1 is 0.361 bits per heavy atom. The first kappa shape index (κ1) is 44.1. The molecule has 2 aliphatic carbocycles. The lowest BCUT2D eigenvalue weighted by Crippen LogP contribution is -2.54. The summed E-state index contributed by atoms with van der Waals surface area (Å²) in [6.45, 7) is 9.94. The zero-order valence-corrected chi connectivity index (χ0v) is 41.8. The first-order valence-corrected chi connectivity index (χ1v) is 26.1. The van der Waals surface area contributed by atoms with E-state index in [4.69, 9.17) is 0 Å². The first-order valence-electron chi connectivity index (χ1n) is 26.1. The van der Waals surface area contributed by atoms with Crippen molar-refractivity contribution in [3.8, 4) is 56.6 Å². The van der Waals surface area contributed by atoms with Crippen molar-refractivity contribution in [1.82, 2.24) is 0 Å². The summed E-state index contributed by atoms with van der Waals surface area (Å²) >= 11 is 0. The summed E-state index contributed by atoms with van der Waals surface area (Å²) in [6.07, 6.45) is 9.35. The highest BCUT2D eigenvalue weighted by molar-refractivity contribution is 6.22. The minimum Gasteiger partial charge on any atom is -0.334 e. The molecule has 2 fully saturated rings. The van der Waals surface area contributed by atoms with Gasteiger partial charge >= 0.3 is 0 Å². The molecular formula is C68H58N4. The van der Waals surface area contributed by atoms with Crippen LogP contribution in [0.2, 0.25) is 0 Å². The minimum absolute atomic E-state index is 0.0398. The van der Waals surface area contributed by atoms with Gasteiger partial charge in [-0.05, 0) is 202 Å². The molecule has 0 aromatic heterocycles. The van der Waals surface area contributed by atoms with Crippen LogP contribution in [0.4, 0.5) is 22.7 Å². The molecule has 13 rings (SSSR count). The monoisotopic (exact) mass is 930 g/mol. The molecule has 9 aromatic rings. The van der Waals surface area contributed by atoms with Gasteiger partial charge in [0.25, 0.3) is 0 Å². The van der Waals surface area contributed by atoms with Crippen LogP contribution in [0.1, 0.15) is 101 Å². The zero-order chi connectivity index (χ0) is 49.0. The summed E-state index contributed by atoms with van der Waals surface area (Å²) in [6, 6.07) is 71.9. The second-order valence-corrected chi connectivity index (χ2v) is 22.1. The highest BCUT2D eigenvalue weighted by atomic mass is 15.3. The number of nitrogens with zero attached hydrogens (tertiary/aromatic N) is 4. The first-order chi connectivity index (χ1) is 35.1. The molecule has 2 heterocycles. The Kier molecular flexibility index (Phi) is 9.98. The number of benzene rings is 9. The summed E-state index contributed by atoms with van der Waals surface area (Å²) in [4.78, 5) is 5.18. The van der Waals surface area contributed by atoms with Gasteiger partial charge in [0.1, 0.15) is 0 Å². The number of rotatable bonds is 6. The highest BCUT2D eigenvalue weighted by Gasteiger charge is 2.59. The van der Waals surface area contributed by atoms with Gasteiger partial charge < -0.3 is 9.80 Å². The fourth-order valence-electron chi connectivity index (χ4n) is 14.4. The Balaban J connectivity index is 0.991. The number of fused-ring (bicyclic) bond motifs is 8. The normalized spacial score (nSPS) is 23.0. The maximum atomic E-state index is 9.64. The van der Waals surface area contributed by atoms with Crippen molar-refractivity contribution in [1.29, 1.82) is 10.5 Å².